The van der Waals surface area contributed by atoms with Crippen LogP contribution < -0.4 is 15.4 Å². The molecule has 1 aromatic carbocycles. The minimum absolute atomic E-state index is 0.0626. The SMILES string of the molecule is NC(=O)C12CC3CC(C1)C(NC(=O)CN1CCCN(c4ccc(C(F)(F)F)cc4Cl)S1(O)O)C(C3)C2. The van der Waals surface area contributed by atoms with Gasteiger partial charge in [0, 0.05) is 24.5 Å². The highest BCUT2D eigenvalue weighted by Crippen LogP contribution is 2.60. The number of carbonyl (C=O) groups excluding carboxylic acids is 2. The molecule has 1 aliphatic heterocycles. The van der Waals surface area contributed by atoms with Gasteiger partial charge in [0.25, 0.3) is 0 Å². The zero-order valence-corrected chi connectivity index (χ0v) is 21.1. The van der Waals surface area contributed by atoms with Gasteiger partial charge in [-0.15, -0.1) is 0 Å². The van der Waals surface area contributed by atoms with Crippen LogP contribution in [0.1, 0.15) is 44.1 Å². The van der Waals surface area contributed by atoms with Crippen molar-refractivity contribution in [1.82, 2.24) is 9.62 Å². The molecule has 2 atom stereocenters. The Bertz CT molecular complexity index is 1060. The second-order valence-electron chi connectivity index (χ2n) is 10.7. The molecule has 2 unspecified atom stereocenters. The average molecular weight is 551 g/mol. The number of hydrogen-bond donors (Lipinski definition) is 4. The predicted octanol–water partition coefficient (Wildman–Crippen LogP) is 4.25. The fourth-order valence-electron chi connectivity index (χ4n) is 7.03. The molecule has 0 spiro atoms. The molecule has 13 heteroatoms. The van der Waals surface area contributed by atoms with Crippen molar-refractivity contribution in [2.45, 2.75) is 50.7 Å². The Morgan fingerprint density at radius 1 is 1.17 bits per heavy atom. The van der Waals surface area contributed by atoms with Crippen LogP contribution >= 0.6 is 22.6 Å². The van der Waals surface area contributed by atoms with Crippen LogP contribution in [0.5, 0.6) is 0 Å². The third-order valence-corrected chi connectivity index (χ3v) is 10.7. The van der Waals surface area contributed by atoms with Crippen LogP contribution in [-0.2, 0) is 15.8 Å². The maximum absolute atomic E-state index is 13.0. The Hall–Kier alpha value is -1.73. The standard InChI is InChI=1S/C23H30ClF3N4O4S/c24-17-8-16(23(25,26)27)2-3-18(17)31-5-1-4-30(36(31,34)35)12-19(32)29-20-14-6-13-7-15(20)11-22(9-13,10-14)21(28)33/h2-3,8,13-15,20,34-35H,1,4-7,9-12H2,(H2,28,33)(H,29,32). The lowest BCUT2D eigenvalue weighted by molar-refractivity contribution is -0.147. The fraction of sp³-hybridized carbons (Fsp3) is 0.652. The van der Waals surface area contributed by atoms with Crippen LogP contribution in [0.2, 0.25) is 5.02 Å². The minimum atomic E-state index is -4.58. The van der Waals surface area contributed by atoms with Gasteiger partial charge in [-0.25, -0.2) is 0 Å². The van der Waals surface area contributed by atoms with E-state index in [1.165, 1.54) is 8.61 Å². The molecular weight excluding hydrogens is 521 g/mol. The summed E-state index contributed by atoms with van der Waals surface area (Å²) in [7, 11) is -3.69. The van der Waals surface area contributed by atoms with E-state index in [-0.39, 0.29) is 60.0 Å². The zero-order chi connectivity index (χ0) is 26.0. The fourth-order valence-corrected chi connectivity index (χ4v) is 9.11. The van der Waals surface area contributed by atoms with Crippen molar-refractivity contribution < 1.29 is 31.9 Å². The molecule has 5 fully saturated rings. The Labute approximate surface area is 213 Å². The van der Waals surface area contributed by atoms with Gasteiger partial charge in [0.05, 0.1) is 22.8 Å². The van der Waals surface area contributed by atoms with E-state index in [1.54, 1.807) is 0 Å². The largest absolute Gasteiger partial charge is 0.416 e. The van der Waals surface area contributed by atoms with Crippen molar-refractivity contribution in [2.75, 3.05) is 23.9 Å². The number of anilines is 1. The third-order valence-electron chi connectivity index (χ3n) is 8.40. The summed E-state index contributed by atoms with van der Waals surface area (Å²) in [5.41, 5.74) is 4.39. The summed E-state index contributed by atoms with van der Waals surface area (Å²) in [6, 6.07) is 2.62. The maximum atomic E-state index is 13.0. The summed E-state index contributed by atoms with van der Waals surface area (Å²) < 4.78 is 63.5. The third kappa shape index (κ3) is 4.44. The summed E-state index contributed by atoms with van der Waals surface area (Å²) in [6.45, 7) is 0.112. The number of alkyl halides is 3. The molecule has 1 aromatic rings. The van der Waals surface area contributed by atoms with E-state index in [2.05, 4.69) is 5.32 Å². The van der Waals surface area contributed by atoms with Gasteiger partial charge in [-0.1, -0.05) is 11.6 Å². The van der Waals surface area contributed by atoms with Gasteiger partial charge in [0.1, 0.15) is 0 Å². The number of primary amides is 1. The Morgan fingerprint density at radius 2 is 1.83 bits per heavy atom. The summed E-state index contributed by atoms with van der Waals surface area (Å²) in [5.74, 6) is 0.157. The number of amides is 2. The highest BCUT2D eigenvalue weighted by Gasteiger charge is 2.58. The quantitative estimate of drug-likeness (QED) is 0.435. The van der Waals surface area contributed by atoms with Gasteiger partial charge in [-0.2, -0.15) is 17.5 Å². The number of rotatable bonds is 5. The number of carbonyl (C=O) groups is 2. The van der Waals surface area contributed by atoms with Crippen LogP contribution in [-0.4, -0.2) is 50.9 Å². The smallest absolute Gasteiger partial charge is 0.369 e. The zero-order valence-electron chi connectivity index (χ0n) is 19.5. The molecule has 0 radical (unpaired) electrons. The first-order chi connectivity index (χ1) is 16.8. The number of halogens is 4. The van der Waals surface area contributed by atoms with Gasteiger partial charge in [-0.05, 0) is 85.4 Å². The summed E-state index contributed by atoms with van der Waals surface area (Å²) in [5, 5.41) is 2.83. The highest BCUT2D eigenvalue weighted by atomic mass is 35.5. The van der Waals surface area contributed by atoms with Crippen molar-refractivity contribution in [1.29, 1.82) is 0 Å². The molecule has 4 aliphatic carbocycles. The van der Waals surface area contributed by atoms with E-state index < -0.39 is 28.1 Å². The Balaban J connectivity index is 1.27. The average Bonchev–Trinajstić information content (AvgIpc) is 2.77. The molecule has 0 aromatic heterocycles. The van der Waals surface area contributed by atoms with Gasteiger partial charge in [0.15, 0.2) is 0 Å². The van der Waals surface area contributed by atoms with Crippen molar-refractivity contribution in [3.63, 3.8) is 0 Å². The van der Waals surface area contributed by atoms with Crippen LogP contribution in [0, 0.1) is 23.2 Å². The lowest BCUT2D eigenvalue weighted by Crippen LogP contribution is -2.62. The Morgan fingerprint density at radius 3 is 2.42 bits per heavy atom. The van der Waals surface area contributed by atoms with E-state index in [1.807, 2.05) is 0 Å². The number of hydrogen-bond acceptors (Lipinski definition) is 6. The first kappa shape index (κ1) is 25.9. The van der Waals surface area contributed by atoms with Crippen molar-refractivity contribution in [3.05, 3.63) is 28.8 Å². The molecule has 2 amide bonds. The number of benzene rings is 1. The molecule has 4 saturated carbocycles. The molecule has 5 N–H and O–H groups in total. The summed E-state index contributed by atoms with van der Waals surface area (Å²) in [4.78, 5) is 25.2. The predicted molar refractivity (Wildman–Crippen MR) is 130 cm³/mol. The molecule has 6 rings (SSSR count). The maximum Gasteiger partial charge on any atom is 0.416 e. The van der Waals surface area contributed by atoms with Gasteiger partial charge < -0.3 is 11.1 Å². The molecule has 36 heavy (non-hydrogen) atoms. The molecule has 1 saturated heterocycles. The molecular formula is C23H30ClF3N4O4S. The van der Waals surface area contributed by atoms with Crippen molar-refractivity contribution in [3.8, 4) is 0 Å². The molecule has 5 aliphatic rings. The van der Waals surface area contributed by atoms with E-state index in [0.29, 0.717) is 25.2 Å². The summed E-state index contributed by atoms with van der Waals surface area (Å²) in [6.07, 6.45) is -0.0828. The second-order valence-corrected chi connectivity index (χ2v) is 13.0. The molecule has 1 heterocycles. The number of nitrogens with one attached hydrogen (secondary N) is 1. The Kier molecular flexibility index (Phi) is 6.43. The first-order valence-electron chi connectivity index (χ1n) is 12.1. The first-order valence-corrected chi connectivity index (χ1v) is 13.9. The highest BCUT2D eigenvalue weighted by molar-refractivity contribution is 8.23. The van der Waals surface area contributed by atoms with E-state index in [4.69, 9.17) is 17.3 Å². The normalized spacial score (nSPS) is 34.4. The van der Waals surface area contributed by atoms with Crippen LogP contribution in [0.4, 0.5) is 18.9 Å². The van der Waals surface area contributed by atoms with Crippen molar-refractivity contribution >= 4 is 40.1 Å². The number of nitrogens with two attached hydrogens (primary N) is 1. The van der Waals surface area contributed by atoms with Gasteiger partial charge in [-0.3, -0.25) is 23.0 Å². The lowest BCUT2D eigenvalue weighted by Gasteiger charge is -2.59. The van der Waals surface area contributed by atoms with Gasteiger partial charge in [0.2, 0.25) is 11.8 Å². The number of nitrogens with zero attached hydrogens (tertiary/aromatic N) is 2. The summed E-state index contributed by atoms with van der Waals surface area (Å²) >= 11 is 6.10. The minimum Gasteiger partial charge on any atom is -0.369 e. The van der Waals surface area contributed by atoms with Crippen LogP contribution in [0.25, 0.3) is 0 Å². The van der Waals surface area contributed by atoms with Gasteiger partial charge >= 0.3 is 6.18 Å². The van der Waals surface area contributed by atoms with E-state index in [9.17, 15) is 31.9 Å². The topological polar surface area (TPSA) is 119 Å². The molecule has 4 bridgehead atoms. The lowest BCUT2D eigenvalue weighted by atomic mass is 9.47. The van der Waals surface area contributed by atoms with Crippen LogP contribution in [0.3, 0.4) is 0 Å². The van der Waals surface area contributed by atoms with Crippen molar-refractivity contribution in [2.24, 2.45) is 28.9 Å². The second kappa shape index (κ2) is 8.93. The molecule has 8 nitrogen and oxygen atoms in total. The van der Waals surface area contributed by atoms with Crippen LogP contribution in [0.15, 0.2) is 18.2 Å². The molecule has 200 valence electrons. The van der Waals surface area contributed by atoms with E-state index >= 15 is 0 Å². The van der Waals surface area contributed by atoms with E-state index in [0.717, 1.165) is 37.5 Å². The monoisotopic (exact) mass is 550 g/mol.